The van der Waals surface area contributed by atoms with Crippen LogP contribution in [0.25, 0.3) is 5.78 Å². The van der Waals surface area contributed by atoms with Crippen LogP contribution in [0.15, 0.2) is 60.7 Å². The Hall–Kier alpha value is -3.26. The molecule has 3 N–H and O–H groups in total. The largest absolute Gasteiger partial charge is 0.325 e. The number of H-pyrrole nitrogens is 1. The van der Waals surface area contributed by atoms with Crippen molar-refractivity contribution in [2.45, 2.75) is 0 Å². The van der Waals surface area contributed by atoms with Crippen molar-refractivity contribution in [3.63, 3.8) is 0 Å². The highest BCUT2D eigenvalue weighted by atomic mass is 32.1. The average molecular weight is 335 g/mol. The molecule has 0 aliphatic heterocycles. The first kappa shape index (κ1) is 14.3. The van der Waals surface area contributed by atoms with Gasteiger partial charge >= 0.3 is 0 Å². The minimum absolute atomic E-state index is 0.426. The van der Waals surface area contributed by atoms with Gasteiger partial charge in [-0.3, -0.25) is 0 Å². The Morgan fingerprint density at radius 3 is 2.12 bits per heavy atom. The molecule has 0 fully saturated rings. The van der Waals surface area contributed by atoms with E-state index < -0.39 is 0 Å². The number of para-hydroxylation sites is 2. The molecular weight excluding hydrogens is 322 g/mol. The quantitative estimate of drug-likeness (QED) is 0.494. The second-order valence-corrected chi connectivity index (χ2v) is 5.40. The van der Waals surface area contributed by atoms with Crippen LogP contribution in [0.4, 0.5) is 23.3 Å². The fourth-order valence-corrected chi connectivity index (χ4v) is 2.48. The summed E-state index contributed by atoms with van der Waals surface area (Å²) in [6.07, 6.45) is 0. The first-order chi connectivity index (χ1) is 11.8. The molecule has 4 aromatic rings. The molecule has 0 saturated carbocycles. The van der Waals surface area contributed by atoms with Gasteiger partial charge in [-0.25, -0.2) is 9.50 Å². The van der Waals surface area contributed by atoms with Crippen LogP contribution in [-0.2, 0) is 0 Å². The SMILES string of the molecule is S=c1[nH]nc2nc(Nc3ccccc3)nc(Nc3ccccc3)n12. The molecule has 0 spiro atoms. The number of benzene rings is 2. The van der Waals surface area contributed by atoms with Crippen molar-refractivity contribution >= 4 is 41.3 Å². The Balaban J connectivity index is 1.78. The highest BCUT2D eigenvalue weighted by Crippen LogP contribution is 2.19. The maximum Gasteiger partial charge on any atom is 0.259 e. The van der Waals surface area contributed by atoms with Crippen molar-refractivity contribution < 1.29 is 0 Å². The number of hydrogen-bond donors (Lipinski definition) is 3. The van der Waals surface area contributed by atoms with Gasteiger partial charge in [0.25, 0.3) is 5.78 Å². The van der Waals surface area contributed by atoms with E-state index in [0.717, 1.165) is 11.4 Å². The number of aromatic amines is 1. The van der Waals surface area contributed by atoms with Crippen molar-refractivity contribution in [2.24, 2.45) is 0 Å². The number of nitrogens with one attached hydrogen (secondary N) is 3. The molecule has 0 aliphatic carbocycles. The predicted molar refractivity (Wildman–Crippen MR) is 95.4 cm³/mol. The van der Waals surface area contributed by atoms with Gasteiger partial charge in [0.2, 0.25) is 16.7 Å². The van der Waals surface area contributed by atoms with Gasteiger partial charge in [0.1, 0.15) is 0 Å². The summed E-state index contributed by atoms with van der Waals surface area (Å²) >= 11 is 5.27. The number of anilines is 4. The number of fused-ring (bicyclic) bond motifs is 1. The number of aromatic nitrogens is 5. The Labute approximate surface area is 142 Å². The van der Waals surface area contributed by atoms with Crippen molar-refractivity contribution in [3.05, 3.63) is 65.4 Å². The van der Waals surface area contributed by atoms with Crippen LogP contribution in [0.1, 0.15) is 0 Å². The lowest BCUT2D eigenvalue weighted by Gasteiger charge is -2.10. The normalized spacial score (nSPS) is 10.7. The van der Waals surface area contributed by atoms with Gasteiger partial charge in [0.05, 0.1) is 0 Å². The minimum atomic E-state index is 0.426. The van der Waals surface area contributed by atoms with E-state index in [-0.39, 0.29) is 0 Å². The van der Waals surface area contributed by atoms with E-state index in [0.29, 0.717) is 22.4 Å². The van der Waals surface area contributed by atoms with E-state index in [9.17, 15) is 0 Å². The van der Waals surface area contributed by atoms with Crippen molar-refractivity contribution in [2.75, 3.05) is 10.6 Å². The average Bonchev–Trinajstić information content (AvgIpc) is 2.98. The van der Waals surface area contributed by atoms with E-state index >= 15 is 0 Å². The predicted octanol–water partition coefficient (Wildman–Crippen LogP) is 3.67. The fraction of sp³-hybridized carbons (Fsp3) is 0. The lowest BCUT2D eigenvalue weighted by Crippen LogP contribution is -2.07. The molecule has 7 nitrogen and oxygen atoms in total. The summed E-state index contributed by atoms with van der Waals surface area (Å²) in [6, 6.07) is 19.4. The van der Waals surface area contributed by atoms with Crippen LogP contribution in [0.2, 0.25) is 0 Å². The standard InChI is InChI=1S/C16H13N7S/c24-16-22-21-15-20-13(17-11-7-3-1-4-8-11)19-14(23(15)16)18-12-9-5-2-6-10-12/h1-10H,(H,22,24)(H2,17,18,19,20,21). The Bertz CT molecular complexity index is 1020. The summed E-state index contributed by atoms with van der Waals surface area (Å²) in [4.78, 5) is 8.91. The van der Waals surface area contributed by atoms with Crippen LogP contribution < -0.4 is 10.6 Å². The second-order valence-electron chi connectivity index (χ2n) is 5.02. The Morgan fingerprint density at radius 2 is 1.46 bits per heavy atom. The molecule has 2 heterocycles. The molecule has 0 bridgehead atoms. The van der Waals surface area contributed by atoms with Gasteiger partial charge in [0, 0.05) is 11.4 Å². The molecule has 2 aromatic heterocycles. The van der Waals surface area contributed by atoms with Gasteiger partial charge in [-0.15, -0.1) is 5.10 Å². The third-order valence-corrected chi connectivity index (χ3v) is 3.62. The van der Waals surface area contributed by atoms with Gasteiger partial charge in [-0.05, 0) is 36.5 Å². The summed E-state index contributed by atoms with van der Waals surface area (Å²) in [5, 5.41) is 13.3. The number of rotatable bonds is 4. The topological polar surface area (TPSA) is 82.9 Å². The highest BCUT2D eigenvalue weighted by molar-refractivity contribution is 7.71. The first-order valence-electron chi connectivity index (χ1n) is 7.29. The fourth-order valence-electron chi connectivity index (χ4n) is 2.27. The molecule has 0 atom stereocenters. The summed E-state index contributed by atoms with van der Waals surface area (Å²) in [7, 11) is 0. The van der Waals surface area contributed by atoms with E-state index in [1.54, 1.807) is 4.40 Å². The van der Waals surface area contributed by atoms with Crippen molar-refractivity contribution in [3.8, 4) is 0 Å². The minimum Gasteiger partial charge on any atom is -0.325 e. The summed E-state index contributed by atoms with van der Waals surface area (Å²) in [5.41, 5.74) is 1.79. The lowest BCUT2D eigenvalue weighted by atomic mass is 10.3. The molecule has 2 aromatic carbocycles. The molecule has 0 aliphatic rings. The molecule has 0 unspecified atom stereocenters. The lowest BCUT2D eigenvalue weighted by molar-refractivity contribution is 1.01. The van der Waals surface area contributed by atoms with Crippen LogP contribution in [0.3, 0.4) is 0 Å². The van der Waals surface area contributed by atoms with Gasteiger partial charge in [-0.2, -0.15) is 9.97 Å². The zero-order valence-corrected chi connectivity index (χ0v) is 13.3. The molecule has 0 radical (unpaired) electrons. The summed E-state index contributed by atoms with van der Waals surface area (Å²) in [6.45, 7) is 0. The third kappa shape index (κ3) is 2.82. The summed E-state index contributed by atoms with van der Waals surface area (Å²) in [5.74, 6) is 1.40. The maximum absolute atomic E-state index is 5.27. The Morgan fingerprint density at radius 1 is 0.833 bits per heavy atom. The number of nitrogens with zero attached hydrogens (tertiary/aromatic N) is 4. The van der Waals surface area contributed by atoms with Crippen molar-refractivity contribution in [1.29, 1.82) is 0 Å². The highest BCUT2D eigenvalue weighted by Gasteiger charge is 2.11. The smallest absolute Gasteiger partial charge is 0.259 e. The molecule has 8 heteroatoms. The molecule has 118 valence electrons. The van der Waals surface area contributed by atoms with Crippen LogP contribution in [0, 0.1) is 4.77 Å². The zero-order valence-electron chi connectivity index (χ0n) is 12.5. The molecule has 0 amide bonds. The van der Waals surface area contributed by atoms with Gasteiger partial charge in [0.15, 0.2) is 0 Å². The second kappa shape index (κ2) is 6.09. The monoisotopic (exact) mass is 335 g/mol. The van der Waals surface area contributed by atoms with Crippen LogP contribution in [-0.4, -0.2) is 24.6 Å². The van der Waals surface area contributed by atoms with E-state index in [2.05, 4.69) is 30.8 Å². The van der Waals surface area contributed by atoms with Crippen LogP contribution in [0.5, 0.6) is 0 Å². The van der Waals surface area contributed by atoms with E-state index in [1.807, 2.05) is 60.7 Å². The summed E-state index contributed by atoms with van der Waals surface area (Å²) < 4.78 is 2.08. The van der Waals surface area contributed by atoms with E-state index in [4.69, 9.17) is 12.2 Å². The van der Waals surface area contributed by atoms with Gasteiger partial charge in [-0.1, -0.05) is 36.4 Å². The zero-order chi connectivity index (χ0) is 16.4. The van der Waals surface area contributed by atoms with E-state index in [1.165, 1.54) is 0 Å². The molecule has 4 rings (SSSR count). The Kier molecular flexibility index (Phi) is 3.64. The maximum atomic E-state index is 5.27. The van der Waals surface area contributed by atoms with Gasteiger partial charge < -0.3 is 10.6 Å². The first-order valence-corrected chi connectivity index (χ1v) is 7.70. The molecule has 0 saturated heterocycles. The molecular formula is C16H13N7S. The van der Waals surface area contributed by atoms with Crippen LogP contribution >= 0.6 is 12.2 Å². The van der Waals surface area contributed by atoms with Crippen molar-refractivity contribution in [1.82, 2.24) is 24.6 Å². The molecule has 24 heavy (non-hydrogen) atoms. The third-order valence-electron chi connectivity index (χ3n) is 3.34. The number of hydrogen-bond acceptors (Lipinski definition) is 6.